The number of rotatable bonds is 4. The minimum absolute atomic E-state index is 0.727. The fraction of sp³-hybridized carbons (Fsp3) is 0.444. The molecule has 0 radical (unpaired) electrons. The van der Waals surface area contributed by atoms with Gasteiger partial charge in [-0.15, -0.1) is 0 Å². The zero-order valence-electron chi connectivity index (χ0n) is 12.6. The molecule has 1 aliphatic rings. The smallest absolute Gasteiger partial charge is 0.0845 e. The van der Waals surface area contributed by atoms with Gasteiger partial charge >= 0.3 is 0 Å². The SMILES string of the molecule is C=C(C)C1CC=C(C[Si](C)(C)c2ccccc2)CC1. The van der Waals surface area contributed by atoms with Gasteiger partial charge in [0.15, 0.2) is 0 Å². The first-order valence-electron chi connectivity index (χ1n) is 7.38. The largest absolute Gasteiger partial charge is 0.0998 e. The molecule has 0 amide bonds. The third kappa shape index (κ3) is 3.70. The van der Waals surface area contributed by atoms with E-state index in [1.165, 1.54) is 30.9 Å². The van der Waals surface area contributed by atoms with Crippen molar-refractivity contribution in [2.75, 3.05) is 0 Å². The number of hydrogen-bond donors (Lipinski definition) is 0. The van der Waals surface area contributed by atoms with E-state index in [4.69, 9.17) is 0 Å². The van der Waals surface area contributed by atoms with Crippen molar-refractivity contribution in [3.05, 3.63) is 54.1 Å². The maximum Gasteiger partial charge on any atom is 0.0845 e. The zero-order valence-corrected chi connectivity index (χ0v) is 13.6. The fourth-order valence-corrected chi connectivity index (χ4v) is 5.81. The number of allylic oxidation sites excluding steroid dienone is 3. The summed E-state index contributed by atoms with van der Waals surface area (Å²) in [5, 5.41) is 1.58. The van der Waals surface area contributed by atoms with E-state index in [1.807, 2.05) is 0 Å². The van der Waals surface area contributed by atoms with E-state index >= 15 is 0 Å². The van der Waals surface area contributed by atoms with Crippen molar-refractivity contribution in [3.8, 4) is 0 Å². The minimum atomic E-state index is -1.31. The molecule has 2 rings (SSSR count). The van der Waals surface area contributed by atoms with Crippen LogP contribution in [-0.4, -0.2) is 8.07 Å². The van der Waals surface area contributed by atoms with E-state index in [0.29, 0.717) is 0 Å². The van der Waals surface area contributed by atoms with Crippen LogP contribution in [0.25, 0.3) is 0 Å². The van der Waals surface area contributed by atoms with E-state index in [-0.39, 0.29) is 0 Å². The van der Waals surface area contributed by atoms with Gasteiger partial charge in [0.25, 0.3) is 0 Å². The summed E-state index contributed by atoms with van der Waals surface area (Å²) in [6.07, 6.45) is 6.30. The Morgan fingerprint density at radius 1 is 1.26 bits per heavy atom. The van der Waals surface area contributed by atoms with Gasteiger partial charge in [-0.3, -0.25) is 0 Å². The average Bonchev–Trinajstić information content (AvgIpc) is 2.40. The Morgan fingerprint density at radius 2 is 1.95 bits per heavy atom. The Balaban J connectivity index is 2.04. The predicted molar refractivity (Wildman–Crippen MR) is 88.6 cm³/mol. The van der Waals surface area contributed by atoms with E-state index in [2.05, 4.69) is 63.0 Å². The van der Waals surface area contributed by atoms with Crippen molar-refractivity contribution >= 4 is 13.3 Å². The number of benzene rings is 1. The Bertz CT molecular complexity index is 468. The van der Waals surface area contributed by atoms with E-state index < -0.39 is 8.07 Å². The van der Waals surface area contributed by atoms with Gasteiger partial charge in [0, 0.05) is 0 Å². The summed E-state index contributed by atoms with van der Waals surface area (Å²) < 4.78 is 0. The lowest BCUT2D eigenvalue weighted by Gasteiger charge is -2.28. The van der Waals surface area contributed by atoms with Crippen LogP contribution in [0.4, 0.5) is 0 Å². The summed E-state index contributed by atoms with van der Waals surface area (Å²) in [7, 11) is -1.31. The van der Waals surface area contributed by atoms with Crippen molar-refractivity contribution < 1.29 is 0 Å². The van der Waals surface area contributed by atoms with Crippen LogP contribution in [0.15, 0.2) is 54.1 Å². The van der Waals surface area contributed by atoms with Crippen LogP contribution in [0, 0.1) is 5.92 Å². The van der Waals surface area contributed by atoms with Crippen LogP contribution in [0.3, 0.4) is 0 Å². The Kier molecular flexibility index (Phi) is 4.46. The fourth-order valence-electron chi connectivity index (χ4n) is 3.06. The molecule has 1 atom stereocenters. The van der Waals surface area contributed by atoms with Crippen LogP contribution >= 0.6 is 0 Å². The van der Waals surface area contributed by atoms with Crippen molar-refractivity contribution in [3.63, 3.8) is 0 Å². The van der Waals surface area contributed by atoms with E-state index in [1.54, 1.807) is 10.8 Å². The molecule has 1 unspecified atom stereocenters. The zero-order chi connectivity index (χ0) is 13.9. The molecule has 0 N–H and O–H groups in total. The third-order valence-corrected chi connectivity index (χ3v) is 7.66. The second-order valence-corrected chi connectivity index (χ2v) is 11.3. The molecule has 0 heterocycles. The molecule has 1 heteroatoms. The van der Waals surface area contributed by atoms with Crippen molar-refractivity contribution in [2.24, 2.45) is 5.92 Å². The summed E-state index contributed by atoms with van der Waals surface area (Å²) >= 11 is 0. The summed E-state index contributed by atoms with van der Waals surface area (Å²) in [6, 6.07) is 12.4. The highest BCUT2D eigenvalue weighted by Gasteiger charge is 2.26. The van der Waals surface area contributed by atoms with Crippen LogP contribution in [0.1, 0.15) is 26.2 Å². The predicted octanol–water partition coefficient (Wildman–Crippen LogP) is 4.90. The van der Waals surface area contributed by atoms with Crippen LogP contribution < -0.4 is 5.19 Å². The van der Waals surface area contributed by atoms with Gasteiger partial charge in [-0.05, 0) is 38.1 Å². The van der Waals surface area contributed by atoms with Gasteiger partial charge in [0.1, 0.15) is 0 Å². The first kappa shape index (κ1) is 14.3. The van der Waals surface area contributed by atoms with Gasteiger partial charge in [-0.2, -0.15) is 0 Å². The average molecular weight is 270 g/mol. The maximum absolute atomic E-state index is 4.11. The van der Waals surface area contributed by atoms with E-state index in [0.717, 1.165) is 5.92 Å². The minimum Gasteiger partial charge on any atom is -0.0998 e. The van der Waals surface area contributed by atoms with Gasteiger partial charge in [0.2, 0.25) is 0 Å². The van der Waals surface area contributed by atoms with Crippen molar-refractivity contribution in [1.82, 2.24) is 0 Å². The molecule has 1 aromatic rings. The van der Waals surface area contributed by atoms with Gasteiger partial charge in [0.05, 0.1) is 8.07 Å². The highest BCUT2D eigenvalue weighted by molar-refractivity contribution is 6.90. The molecule has 0 bridgehead atoms. The second-order valence-electron chi connectivity index (χ2n) is 6.61. The van der Waals surface area contributed by atoms with Crippen LogP contribution in [0.2, 0.25) is 19.1 Å². The molecule has 0 saturated carbocycles. The first-order chi connectivity index (χ1) is 8.99. The molecule has 0 fully saturated rings. The second kappa shape index (κ2) is 5.92. The molecule has 0 spiro atoms. The summed E-state index contributed by atoms with van der Waals surface area (Å²) in [6.45, 7) is 11.3. The lowest BCUT2D eigenvalue weighted by molar-refractivity contribution is 0.540. The van der Waals surface area contributed by atoms with Crippen molar-refractivity contribution in [2.45, 2.75) is 45.3 Å². The molecule has 0 aromatic heterocycles. The lowest BCUT2D eigenvalue weighted by atomic mass is 9.86. The third-order valence-electron chi connectivity index (χ3n) is 4.43. The Hall–Kier alpha value is -1.08. The summed E-state index contributed by atoms with van der Waals surface area (Å²) in [4.78, 5) is 0. The molecule has 102 valence electrons. The topological polar surface area (TPSA) is 0 Å². The maximum atomic E-state index is 4.11. The monoisotopic (exact) mass is 270 g/mol. The van der Waals surface area contributed by atoms with Gasteiger partial charge in [-0.1, -0.05) is 72.4 Å². The first-order valence-corrected chi connectivity index (χ1v) is 10.6. The highest BCUT2D eigenvalue weighted by Crippen LogP contribution is 2.32. The molecular weight excluding hydrogens is 244 g/mol. The van der Waals surface area contributed by atoms with E-state index in [9.17, 15) is 0 Å². The van der Waals surface area contributed by atoms with Crippen LogP contribution in [-0.2, 0) is 0 Å². The summed E-state index contributed by atoms with van der Waals surface area (Å²) in [5.41, 5.74) is 3.05. The molecule has 19 heavy (non-hydrogen) atoms. The lowest BCUT2D eigenvalue weighted by Crippen LogP contribution is -2.41. The molecule has 1 aromatic carbocycles. The van der Waals surface area contributed by atoms with Crippen molar-refractivity contribution in [1.29, 1.82) is 0 Å². The molecule has 1 aliphatic carbocycles. The molecule has 0 aliphatic heterocycles. The Morgan fingerprint density at radius 3 is 2.47 bits per heavy atom. The normalized spacial score (nSPS) is 19.9. The quantitative estimate of drug-likeness (QED) is 0.539. The number of hydrogen-bond acceptors (Lipinski definition) is 0. The molecule has 0 saturated heterocycles. The van der Waals surface area contributed by atoms with Gasteiger partial charge in [-0.25, -0.2) is 0 Å². The Labute approximate surface area is 119 Å². The standard InChI is InChI=1S/C18H26Si/c1-15(2)17-12-10-16(11-13-17)14-19(3,4)18-8-6-5-7-9-18/h5-10,17H,1,11-14H2,2-4H3. The summed E-state index contributed by atoms with van der Waals surface area (Å²) in [5.74, 6) is 0.727. The highest BCUT2D eigenvalue weighted by atomic mass is 28.3. The molecular formula is C18H26Si. The molecule has 0 nitrogen and oxygen atoms in total. The van der Waals surface area contributed by atoms with Gasteiger partial charge < -0.3 is 0 Å². The van der Waals surface area contributed by atoms with Crippen LogP contribution in [0.5, 0.6) is 0 Å².